The van der Waals surface area contributed by atoms with Crippen molar-refractivity contribution in [3.63, 3.8) is 0 Å². The fraction of sp³-hybridized carbons (Fsp3) is 0.444. The second kappa shape index (κ2) is 6.64. The Morgan fingerprint density at radius 1 is 1.64 bits per heavy atom. The van der Waals surface area contributed by atoms with Gasteiger partial charge in [0.25, 0.3) is 0 Å². The molecule has 0 N–H and O–H groups in total. The van der Waals surface area contributed by atoms with E-state index in [9.17, 15) is 4.21 Å². The van der Waals surface area contributed by atoms with Crippen molar-refractivity contribution in [1.82, 2.24) is 4.98 Å². The van der Waals surface area contributed by atoms with Crippen LogP contribution in [-0.4, -0.2) is 28.2 Å². The second-order valence-corrected chi connectivity index (χ2v) is 5.58. The Morgan fingerprint density at radius 3 is 2.86 bits per heavy atom. The molecule has 5 heteroatoms. The van der Waals surface area contributed by atoms with E-state index in [1.165, 1.54) is 0 Å². The van der Waals surface area contributed by atoms with Gasteiger partial charge in [0.2, 0.25) is 0 Å². The second-order valence-electron chi connectivity index (χ2n) is 2.89. The van der Waals surface area contributed by atoms with Gasteiger partial charge in [-0.05, 0) is 6.42 Å². The maximum Gasteiger partial charge on any atom is 0.0438 e. The summed E-state index contributed by atoms with van der Waals surface area (Å²) in [5, 5.41) is 0. The first-order valence-corrected chi connectivity index (χ1v) is 6.12. The van der Waals surface area contributed by atoms with Gasteiger partial charge in [-0.2, -0.15) is 12.1 Å². The van der Waals surface area contributed by atoms with E-state index in [1.54, 1.807) is 25.6 Å². The van der Waals surface area contributed by atoms with Gasteiger partial charge in [0.05, 0.1) is 0 Å². The van der Waals surface area contributed by atoms with Gasteiger partial charge in [-0.15, -0.1) is 5.56 Å². The first kappa shape index (κ1) is 14.2. The van der Waals surface area contributed by atoms with Gasteiger partial charge in [0, 0.05) is 61.5 Å². The van der Waals surface area contributed by atoms with Crippen molar-refractivity contribution in [2.75, 3.05) is 19.1 Å². The number of hydrogen-bond acceptors (Lipinski definition) is 3. The van der Waals surface area contributed by atoms with E-state index in [1.807, 2.05) is 6.07 Å². The van der Waals surface area contributed by atoms with Crippen molar-refractivity contribution in [1.29, 1.82) is 0 Å². The molecule has 0 aliphatic rings. The molecular weight excluding hydrogens is 273 g/mol. The normalized spacial score (nSPS) is 13.9. The molecule has 0 aromatic carbocycles. The van der Waals surface area contributed by atoms with Gasteiger partial charge in [0.15, 0.2) is 0 Å². The third kappa shape index (κ3) is 5.18. The van der Waals surface area contributed by atoms with E-state index in [4.69, 9.17) is 0 Å². The molecule has 0 spiro atoms. The number of aryl methyl sites for hydroxylation is 1. The summed E-state index contributed by atoms with van der Waals surface area (Å²) >= 11 is 0. The molecule has 0 aliphatic carbocycles. The standard InChI is InChI=1S/C9H13N2OS.Y/c1-10-13(2,12)7-5-9-4-3-6-11-8-9;/h3-4,8H,5,7H2,1-2H3;/q-1;. The van der Waals surface area contributed by atoms with Crippen LogP contribution >= 0.6 is 0 Å². The van der Waals surface area contributed by atoms with Gasteiger partial charge < -0.3 is 4.98 Å². The molecular formula is C9H13N2OSY-. The quantitative estimate of drug-likeness (QED) is 0.782. The fourth-order valence-electron chi connectivity index (χ4n) is 0.897. The zero-order chi connectivity index (χ0) is 9.73. The van der Waals surface area contributed by atoms with Gasteiger partial charge in [-0.1, -0.05) is 12.4 Å². The van der Waals surface area contributed by atoms with E-state index >= 15 is 0 Å². The van der Waals surface area contributed by atoms with Gasteiger partial charge >= 0.3 is 0 Å². The average molecular weight is 286 g/mol. The Kier molecular flexibility index (Phi) is 6.74. The smallest absolute Gasteiger partial charge is 0.0438 e. The zero-order valence-electron chi connectivity index (χ0n) is 8.43. The monoisotopic (exact) mass is 286 g/mol. The maximum absolute atomic E-state index is 11.5. The molecule has 0 aliphatic heterocycles. The predicted molar refractivity (Wildman–Crippen MR) is 54.1 cm³/mol. The molecule has 0 saturated carbocycles. The Bertz CT molecular complexity index is 372. The Morgan fingerprint density at radius 2 is 2.36 bits per heavy atom. The number of hydrogen-bond donors (Lipinski definition) is 0. The minimum Gasteiger partial charge on any atom is -0.394 e. The van der Waals surface area contributed by atoms with Gasteiger partial charge in [-0.3, -0.25) is 4.21 Å². The third-order valence-electron chi connectivity index (χ3n) is 1.83. The van der Waals surface area contributed by atoms with Crippen molar-refractivity contribution in [2.45, 2.75) is 6.42 Å². The molecule has 0 saturated heterocycles. The summed E-state index contributed by atoms with van der Waals surface area (Å²) in [5.74, 6) is 0.592. The van der Waals surface area contributed by atoms with Crippen LogP contribution in [0, 0.1) is 6.20 Å². The number of rotatable bonds is 3. The Hall–Kier alpha value is 0.204. The Balaban J connectivity index is 0.00000169. The van der Waals surface area contributed by atoms with E-state index in [2.05, 4.69) is 15.5 Å². The molecule has 0 bridgehead atoms. The summed E-state index contributed by atoms with van der Waals surface area (Å²) in [4.78, 5) is 3.86. The molecule has 1 heterocycles. The topological polar surface area (TPSA) is 42.3 Å². The molecule has 1 atom stereocenters. The first-order valence-electron chi connectivity index (χ1n) is 4.03. The van der Waals surface area contributed by atoms with Gasteiger partial charge in [-0.25, -0.2) is 4.36 Å². The summed E-state index contributed by atoms with van der Waals surface area (Å²) in [6.45, 7) is 0. The van der Waals surface area contributed by atoms with Crippen LogP contribution in [0.5, 0.6) is 0 Å². The van der Waals surface area contributed by atoms with Crippen LogP contribution in [0.25, 0.3) is 0 Å². The summed E-state index contributed by atoms with van der Waals surface area (Å²) in [7, 11) is -0.384. The predicted octanol–water partition coefficient (Wildman–Crippen LogP) is 1.15. The van der Waals surface area contributed by atoms with Crippen LogP contribution in [0.4, 0.5) is 0 Å². The molecule has 1 aromatic heterocycles. The van der Waals surface area contributed by atoms with E-state index in [0.717, 1.165) is 12.0 Å². The molecule has 75 valence electrons. The SMILES string of the molecule is CN=S(C)(=O)CCc1cc[c-]nc1.[Y]. The molecule has 1 aromatic rings. The van der Waals surface area contributed by atoms with Crippen molar-refractivity contribution in [3.05, 3.63) is 30.1 Å². The Labute approximate surface area is 111 Å². The van der Waals surface area contributed by atoms with Crippen molar-refractivity contribution in [3.8, 4) is 0 Å². The number of aromatic nitrogens is 1. The first-order chi connectivity index (χ1) is 6.14. The molecule has 0 amide bonds. The molecule has 1 radical (unpaired) electrons. The zero-order valence-corrected chi connectivity index (χ0v) is 12.1. The molecule has 3 nitrogen and oxygen atoms in total. The van der Waals surface area contributed by atoms with Crippen molar-refractivity contribution >= 4 is 9.73 Å². The maximum atomic E-state index is 11.5. The van der Waals surface area contributed by atoms with Gasteiger partial charge in [0.1, 0.15) is 0 Å². The third-order valence-corrected chi connectivity index (χ3v) is 3.57. The summed E-state index contributed by atoms with van der Waals surface area (Å²) in [6, 6.07) is 3.69. The number of pyridine rings is 1. The van der Waals surface area contributed by atoms with Crippen molar-refractivity contribution in [2.24, 2.45) is 4.36 Å². The van der Waals surface area contributed by atoms with Crippen LogP contribution in [0.3, 0.4) is 0 Å². The minimum atomic E-state index is -1.98. The van der Waals surface area contributed by atoms with Crippen LogP contribution in [-0.2, 0) is 48.9 Å². The van der Waals surface area contributed by atoms with E-state index in [0.29, 0.717) is 5.75 Å². The molecule has 1 rings (SSSR count). The van der Waals surface area contributed by atoms with Crippen LogP contribution in [0.15, 0.2) is 22.7 Å². The summed E-state index contributed by atoms with van der Waals surface area (Å²) in [5.41, 5.74) is 1.08. The van der Waals surface area contributed by atoms with Crippen LogP contribution in [0.2, 0.25) is 0 Å². The van der Waals surface area contributed by atoms with E-state index in [-0.39, 0.29) is 32.7 Å². The molecule has 1 unspecified atom stereocenters. The van der Waals surface area contributed by atoms with Crippen LogP contribution in [0.1, 0.15) is 5.56 Å². The fourth-order valence-corrected chi connectivity index (χ4v) is 1.69. The largest absolute Gasteiger partial charge is 0.394 e. The minimum absolute atomic E-state index is 0. The average Bonchev–Trinajstić information content (AvgIpc) is 2.17. The summed E-state index contributed by atoms with van der Waals surface area (Å²) in [6.07, 6.45) is 6.87. The van der Waals surface area contributed by atoms with E-state index < -0.39 is 9.73 Å². The molecule has 0 fully saturated rings. The number of nitrogens with zero attached hydrogens (tertiary/aromatic N) is 2. The van der Waals surface area contributed by atoms with Crippen molar-refractivity contribution < 1.29 is 36.9 Å². The summed E-state index contributed by atoms with van der Waals surface area (Å²) < 4.78 is 15.4. The van der Waals surface area contributed by atoms with Crippen LogP contribution < -0.4 is 0 Å². The molecule has 14 heavy (non-hydrogen) atoms.